The summed E-state index contributed by atoms with van der Waals surface area (Å²) < 4.78 is 17.0. The van der Waals surface area contributed by atoms with Crippen molar-refractivity contribution in [1.82, 2.24) is 10.6 Å². The van der Waals surface area contributed by atoms with E-state index < -0.39 is 24.0 Å². The molecule has 0 heterocycles. The van der Waals surface area contributed by atoms with Crippen LogP contribution >= 0.6 is 0 Å². The van der Waals surface area contributed by atoms with Crippen molar-refractivity contribution in [3.8, 4) is 28.4 Å². The van der Waals surface area contributed by atoms with Crippen LogP contribution in [0.2, 0.25) is 0 Å². The van der Waals surface area contributed by atoms with Gasteiger partial charge in [0, 0.05) is 25.5 Å². The van der Waals surface area contributed by atoms with Gasteiger partial charge in [-0.25, -0.2) is 4.79 Å². The van der Waals surface area contributed by atoms with Crippen LogP contribution in [-0.2, 0) is 20.8 Å². The van der Waals surface area contributed by atoms with Gasteiger partial charge in [-0.05, 0) is 59.7 Å². The topological polar surface area (TPSA) is 152 Å². The van der Waals surface area contributed by atoms with Gasteiger partial charge in [0.2, 0.25) is 23.0 Å². The number of fused-ring (bicyclic) bond motifs is 3. The third-order valence-corrected chi connectivity index (χ3v) is 7.50. The van der Waals surface area contributed by atoms with E-state index in [-0.39, 0.29) is 17.8 Å². The molecule has 11 heteroatoms. The van der Waals surface area contributed by atoms with Gasteiger partial charge in [0.05, 0.1) is 33.1 Å². The van der Waals surface area contributed by atoms with E-state index >= 15 is 0 Å². The van der Waals surface area contributed by atoms with Gasteiger partial charge in [0.25, 0.3) is 0 Å². The minimum Gasteiger partial charge on any atom is -0.493 e. The molecule has 0 saturated carbocycles. The number of carbonyl (C=O) groups is 3. The van der Waals surface area contributed by atoms with E-state index in [0.29, 0.717) is 65.4 Å². The first kappa shape index (κ1) is 31.9. The summed E-state index contributed by atoms with van der Waals surface area (Å²) in [7, 11) is 4.61. The van der Waals surface area contributed by atoms with E-state index in [1.54, 1.807) is 43.5 Å². The van der Waals surface area contributed by atoms with Crippen molar-refractivity contribution in [2.24, 2.45) is 0 Å². The fraction of sp³-hybridized carbons (Fsp3) is 0.333. The second-order valence-corrected chi connectivity index (χ2v) is 10.4. The molecule has 4 rings (SSSR count). The van der Waals surface area contributed by atoms with Crippen LogP contribution in [0.15, 0.2) is 59.4 Å². The first-order chi connectivity index (χ1) is 21.2. The molecule has 44 heavy (non-hydrogen) atoms. The predicted octanol–water partition coefficient (Wildman–Crippen LogP) is 4.00. The number of aliphatic carboxylic acids is 1. The fourth-order valence-electron chi connectivity index (χ4n) is 5.49. The van der Waals surface area contributed by atoms with Gasteiger partial charge in [-0.1, -0.05) is 36.4 Å². The number of ether oxygens (including phenoxy) is 3. The zero-order chi connectivity index (χ0) is 31.8. The average Bonchev–Trinajstić information content (AvgIpc) is 3.25. The summed E-state index contributed by atoms with van der Waals surface area (Å²) in [5, 5.41) is 18.2. The Hall–Kier alpha value is -5.06. The number of carboxylic acid groups (broad SMARTS) is 1. The lowest BCUT2D eigenvalue weighted by Crippen LogP contribution is -2.33. The molecule has 0 bridgehead atoms. The Labute approximate surface area is 255 Å². The zero-order valence-electron chi connectivity index (χ0n) is 25.2. The van der Waals surface area contributed by atoms with Gasteiger partial charge in [0.15, 0.2) is 17.5 Å². The highest BCUT2D eigenvalue weighted by Crippen LogP contribution is 2.50. The van der Waals surface area contributed by atoms with E-state index in [0.717, 1.165) is 11.1 Å². The molecule has 1 aliphatic carbocycles. The van der Waals surface area contributed by atoms with Crippen molar-refractivity contribution in [3.63, 3.8) is 0 Å². The molecule has 0 aromatic heterocycles. The molecule has 2 amide bonds. The van der Waals surface area contributed by atoms with Crippen LogP contribution < -0.4 is 35.6 Å². The van der Waals surface area contributed by atoms with Crippen molar-refractivity contribution in [2.75, 3.05) is 33.2 Å². The van der Waals surface area contributed by atoms with E-state index in [1.165, 1.54) is 27.2 Å². The summed E-state index contributed by atoms with van der Waals surface area (Å²) in [6, 6.07) is 13.8. The van der Waals surface area contributed by atoms with Crippen molar-refractivity contribution in [3.05, 3.63) is 81.5 Å². The lowest BCUT2D eigenvalue weighted by molar-refractivity contribution is -0.142. The van der Waals surface area contributed by atoms with Gasteiger partial charge in [-0.2, -0.15) is 0 Å². The average molecular weight is 604 g/mol. The van der Waals surface area contributed by atoms with Crippen LogP contribution in [0.25, 0.3) is 11.1 Å². The second-order valence-electron chi connectivity index (χ2n) is 10.4. The monoisotopic (exact) mass is 603 g/mol. The smallest absolute Gasteiger partial charge is 0.330 e. The molecule has 0 aliphatic heterocycles. The Morgan fingerprint density at radius 1 is 0.977 bits per heavy atom. The third-order valence-electron chi connectivity index (χ3n) is 7.50. The first-order valence-electron chi connectivity index (χ1n) is 14.3. The van der Waals surface area contributed by atoms with Crippen LogP contribution in [0.4, 0.5) is 5.69 Å². The number of nitrogens with one attached hydrogen (secondary N) is 3. The molecule has 232 valence electrons. The van der Waals surface area contributed by atoms with Crippen LogP contribution in [0.5, 0.6) is 17.2 Å². The summed E-state index contributed by atoms with van der Waals surface area (Å²) in [6.07, 6.45) is 1.54. The molecule has 2 atom stereocenters. The minimum absolute atomic E-state index is 0.0596. The van der Waals surface area contributed by atoms with Crippen molar-refractivity contribution >= 4 is 23.5 Å². The summed E-state index contributed by atoms with van der Waals surface area (Å²) >= 11 is 0. The van der Waals surface area contributed by atoms with Crippen LogP contribution in [0.1, 0.15) is 55.0 Å². The largest absolute Gasteiger partial charge is 0.493 e. The maximum atomic E-state index is 13.4. The molecular weight excluding hydrogens is 566 g/mol. The van der Waals surface area contributed by atoms with E-state index in [1.807, 2.05) is 12.1 Å². The summed E-state index contributed by atoms with van der Waals surface area (Å²) in [4.78, 5) is 49.8. The molecule has 4 N–H and O–H groups in total. The number of hydrogen-bond donors (Lipinski definition) is 4. The fourth-order valence-corrected chi connectivity index (χ4v) is 5.49. The number of aryl methyl sites for hydroxylation is 1. The number of carbonyl (C=O) groups excluding carboxylic acids is 2. The van der Waals surface area contributed by atoms with Gasteiger partial charge >= 0.3 is 5.97 Å². The quantitative estimate of drug-likeness (QED) is 0.225. The Bertz CT molecular complexity index is 1590. The predicted molar refractivity (Wildman–Crippen MR) is 165 cm³/mol. The number of hydrogen-bond acceptors (Lipinski definition) is 8. The standard InChI is InChI=1S/C33H37N3O8/c1-19(37)35-24-14-12-21-17-27(42-2)31(43-3)32(44-4)29(21)22-13-15-25(26(38)18-23(22)24)34-16-8-11-28(39)36-30(33(40)41)20-9-6-5-7-10-20/h5-7,9-10,13,15,17-18,24,30H,8,11-12,14,16H2,1-4H3,(H,34,38)(H,35,37)(H,36,39)(H,40,41)/t24-,30-/m1/s1. The zero-order valence-corrected chi connectivity index (χ0v) is 25.2. The Morgan fingerprint density at radius 3 is 2.34 bits per heavy atom. The number of amides is 2. The first-order valence-corrected chi connectivity index (χ1v) is 14.3. The molecule has 0 saturated heterocycles. The van der Waals surface area contributed by atoms with Gasteiger partial charge in [-0.3, -0.25) is 14.4 Å². The lowest BCUT2D eigenvalue weighted by Gasteiger charge is -2.19. The molecule has 0 spiro atoms. The normalized spacial score (nSPS) is 14.1. The molecule has 11 nitrogen and oxygen atoms in total. The van der Waals surface area contributed by atoms with Gasteiger partial charge < -0.3 is 35.3 Å². The molecular formula is C33H37N3O8. The lowest BCUT2D eigenvalue weighted by atomic mass is 9.95. The van der Waals surface area contributed by atoms with E-state index in [9.17, 15) is 24.3 Å². The van der Waals surface area contributed by atoms with E-state index in [2.05, 4.69) is 16.0 Å². The van der Waals surface area contributed by atoms with Crippen LogP contribution in [-0.4, -0.2) is 50.8 Å². The molecule has 0 unspecified atom stereocenters. The highest BCUT2D eigenvalue weighted by Gasteiger charge is 2.29. The third kappa shape index (κ3) is 7.11. The molecule has 0 fully saturated rings. The number of methoxy groups -OCH3 is 3. The molecule has 0 radical (unpaired) electrons. The Balaban J connectivity index is 1.59. The molecule has 3 aromatic carbocycles. The minimum atomic E-state index is -1.15. The summed E-state index contributed by atoms with van der Waals surface area (Å²) in [5.74, 6) is -0.398. The van der Waals surface area contributed by atoms with Crippen molar-refractivity contribution in [2.45, 2.75) is 44.7 Å². The summed E-state index contributed by atoms with van der Waals surface area (Å²) in [6.45, 7) is 1.73. The number of rotatable bonds is 12. The second kappa shape index (κ2) is 14.4. The highest BCUT2D eigenvalue weighted by atomic mass is 16.5. The maximum Gasteiger partial charge on any atom is 0.330 e. The van der Waals surface area contributed by atoms with Gasteiger partial charge in [-0.15, -0.1) is 0 Å². The number of benzene rings is 2. The molecule has 1 aliphatic rings. The molecule has 3 aromatic rings. The van der Waals surface area contributed by atoms with E-state index in [4.69, 9.17) is 14.2 Å². The van der Waals surface area contributed by atoms with Crippen molar-refractivity contribution in [1.29, 1.82) is 0 Å². The number of carboxylic acids is 1. The maximum absolute atomic E-state index is 13.4. The van der Waals surface area contributed by atoms with Crippen LogP contribution in [0.3, 0.4) is 0 Å². The van der Waals surface area contributed by atoms with Crippen molar-refractivity contribution < 1.29 is 33.7 Å². The highest BCUT2D eigenvalue weighted by molar-refractivity contribution is 5.85. The Kier molecular flexibility index (Phi) is 10.4. The van der Waals surface area contributed by atoms with Crippen LogP contribution in [0, 0.1) is 0 Å². The summed E-state index contributed by atoms with van der Waals surface area (Å²) in [5.41, 5.74) is 3.52. The Morgan fingerprint density at radius 2 is 1.70 bits per heavy atom. The SMILES string of the molecule is COc1cc2c(c(OC)c1OC)-c1ccc(NCCCC(=O)N[C@@H](C(=O)O)c3ccccc3)c(=O)cc1[C@H](NC(C)=O)CC2. The van der Waals surface area contributed by atoms with Gasteiger partial charge in [0.1, 0.15) is 0 Å². The number of anilines is 1.